The molecule has 2 aliphatic rings. The van der Waals surface area contributed by atoms with Gasteiger partial charge in [-0.15, -0.1) is 13.2 Å². The SMILES string of the molecule is O=S(=NCC1CC1)(N[C@@H]1COC[C@@H](n2c3ccc(Cl)cc3c3cc(Cl)ccc32)[C@H]1O)c1ccc(OC(F)(F)F)cc1. The summed E-state index contributed by atoms with van der Waals surface area (Å²) in [5.74, 6) is -0.125. The summed E-state index contributed by atoms with van der Waals surface area (Å²) in [6, 6.07) is 14.4. The number of fused-ring (bicyclic) bond motifs is 3. The van der Waals surface area contributed by atoms with Gasteiger partial charge in [-0.3, -0.25) is 0 Å². The standard InChI is InChI=1S/C28H26Cl2F3N3O4S/c29-17-3-9-24-21(11-17)22-12-18(30)4-10-25(22)36(24)26-15-39-14-23(27(26)37)35-41(38,34-13-16-1-2-16)20-7-5-19(6-8-20)40-28(31,32)33/h3-12,16,23,26-27,37H,1-2,13-15H2,(H,34,35,38)/t23-,26-,27+,41?/m1/s1. The van der Waals surface area contributed by atoms with Crippen LogP contribution in [0.4, 0.5) is 13.2 Å². The molecule has 2 N–H and O–H groups in total. The maximum Gasteiger partial charge on any atom is 0.573 e. The Balaban J connectivity index is 1.35. The number of nitrogens with zero attached hydrogens (tertiary/aromatic N) is 2. The van der Waals surface area contributed by atoms with Gasteiger partial charge in [-0.2, -0.15) is 0 Å². The molecule has 0 radical (unpaired) electrons. The van der Waals surface area contributed by atoms with Crippen LogP contribution >= 0.6 is 23.2 Å². The van der Waals surface area contributed by atoms with E-state index in [1.54, 1.807) is 12.1 Å². The molecule has 4 atom stereocenters. The lowest BCUT2D eigenvalue weighted by atomic mass is 10.0. The van der Waals surface area contributed by atoms with E-state index in [-0.39, 0.29) is 18.1 Å². The predicted octanol–water partition coefficient (Wildman–Crippen LogP) is 6.74. The molecule has 7 nitrogen and oxygen atoms in total. The third-order valence-electron chi connectivity index (χ3n) is 7.35. The maximum absolute atomic E-state index is 14.3. The summed E-state index contributed by atoms with van der Waals surface area (Å²) in [6.45, 7) is 0.569. The molecule has 1 aliphatic carbocycles. The zero-order valence-corrected chi connectivity index (χ0v) is 23.8. The van der Waals surface area contributed by atoms with Crippen molar-refractivity contribution in [1.82, 2.24) is 9.29 Å². The Morgan fingerprint density at radius 2 is 1.61 bits per heavy atom. The Morgan fingerprint density at radius 1 is 1.00 bits per heavy atom. The number of nitrogens with one attached hydrogen (secondary N) is 1. The van der Waals surface area contributed by atoms with Crippen LogP contribution in [0, 0.1) is 5.92 Å². The summed E-state index contributed by atoms with van der Waals surface area (Å²) < 4.78 is 71.6. The summed E-state index contributed by atoms with van der Waals surface area (Å²) >= 11 is 12.6. The Bertz CT molecular complexity index is 1660. The van der Waals surface area contributed by atoms with Crippen LogP contribution in [-0.4, -0.2) is 52.1 Å². The van der Waals surface area contributed by atoms with Gasteiger partial charge < -0.3 is 19.1 Å². The molecule has 6 rings (SSSR count). The van der Waals surface area contributed by atoms with Gasteiger partial charge in [0.25, 0.3) is 0 Å². The van der Waals surface area contributed by atoms with Crippen molar-refractivity contribution in [2.45, 2.75) is 42.3 Å². The summed E-state index contributed by atoms with van der Waals surface area (Å²) in [5.41, 5.74) is 1.64. The monoisotopic (exact) mass is 627 g/mol. The fourth-order valence-corrected chi connectivity index (χ4v) is 7.44. The fourth-order valence-electron chi connectivity index (χ4n) is 5.19. The quantitative estimate of drug-likeness (QED) is 0.238. The molecule has 0 bridgehead atoms. The van der Waals surface area contributed by atoms with E-state index in [0.717, 1.165) is 46.8 Å². The van der Waals surface area contributed by atoms with E-state index in [9.17, 15) is 22.5 Å². The molecule has 1 aliphatic heterocycles. The molecule has 2 heterocycles. The van der Waals surface area contributed by atoms with Gasteiger partial charge in [0.05, 0.1) is 42.8 Å². The van der Waals surface area contributed by atoms with Crippen molar-refractivity contribution in [2.24, 2.45) is 10.3 Å². The van der Waals surface area contributed by atoms with Crippen molar-refractivity contribution >= 4 is 54.9 Å². The third-order valence-corrected chi connectivity index (χ3v) is 9.87. The Hall–Kier alpha value is -2.54. The normalized spacial score (nSPS) is 23.0. The van der Waals surface area contributed by atoms with Gasteiger partial charge in [0.15, 0.2) is 0 Å². The molecule has 218 valence electrons. The summed E-state index contributed by atoms with van der Waals surface area (Å²) in [4.78, 5) is 0.183. The molecule has 1 saturated carbocycles. The van der Waals surface area contributed by atoms with Crippen LogP contribution in [0.3, 0.4) is 0 Å². The number of benzene rings is 3. The largest absolute Gasteiger partial charge is 0.573 e. The molecular formula is C28H26Cl2F3N3O4S. The second kappa shape index (κ2) is 10.9. The van der Waals surface area contributed by atoms with E-state index >= 15 is 0 Å². The van der Waals surface area contributed by atoms with Crippen molar-refractivity contribution in [1.29, 1.82) is 0 Å². The number of hydrogen-bond donors (Lipinski definition) is 2. The van der Waals surface area contributed by atoms with Gasteiger partial charge in [-0.1, -0.05) is 23.2 Å². The van der Waals surface area contributed by atoms with Crippen LogP contribution < -0.4 is 9.46 Å². The number of aromatic nitrogens is 1. The topological polar surface area (TPSA) is 85.1 Å². The van der Waals surface area contributed by atoms with Gasteiger partial charge in [-0.25, -0.2) is 13.3 Å². The van der Waals surface area contributed by atoms with Crippen LogP contribution in [0.5, 0.6) is 5.75 Å². The Labute approximate surface area is 244 Å². The first-order valence-corrected chi connectivity index (χ1v) is 15.3. The minimum atomic E-state index is -4.85. The molecule has 41 heavy (non-hydrogen) atoms. The molecule has 1 saturated heterocycles. The molecule has 4 aromatic rings. The van der Waals surface area contributed by atoms with E-state index in [0.29, 0.717) is 22.5 Å². The Kier molecular flexibility index (Phi) is 7.63. The first-order chi connectivity index (χ1) is 19.5. The highest BCUT2D eigenvalue weighted by atomic mass is 35.5. The van der Waals surface area contributed by atoms with Gasteiger partial charge in [0, 0.05) is 31.9 Å². The van der Waals surface area contributed by atoms with E-state index in [2.05, 4.69) is 13.8 Å². The average Bonchev–Trinajstić information content (AvgIpc) is 3.70. The minimum Gasteiger partial charge on any atom is -0.406 e. The molecule has 1 aromatic heterocycles. The predicted molar refractivity (Wildman–Crippen MR) is 152 cm³/mol. The third kappa shape index (κ3) is 6.02. The lowest BCUT2D eigenvalue weighted by Crippen LogP contribution is -2.53. The van der Waals surface area contributed by atoms with E-state index in [4.69, 9.17) is 27.9 Å². The molecule has 2 fully saturated rings. The lowest BCUT2D eigenvalue weighted by Gasteiger charge is -2.37. The van der Waals surface area contributed by atoms with Crippen molar-refractivity contribution < 1.29 is 32.0 Å². The first-order valence-electron chi connectivity index (χ1n) is 13.0. The van der Waals surface area contributed by atoms with Crippen LogP contribution in [0.2, 0.25) is 10.0 Å². The highest BCUT2D eigenvalue weighted by molar-refractivity contribution is 7.91. The van der Waals surface area contributed by atoms with Gasteiger partial charge in [0.1, 0.15) is 15.7 Å². The molecule has 0 spiro atoms. The van der Waals surface area contributed by atoms with Crippen LogP contribution in [0.25, 0.3) is 21.8 Å². The van der Waals surface area contributed by atoms with Crippen LogP contribution in [-0.2, 0) is 14.7 Å². The van der Waals surface area contributed by atoms with Gasteiger partial charge >= 0.3 is 6.36 Å². The zero-order chi connectivity index (χ0) is 28.9. The fraction of sp³-hybridized carbons (Fsp3) is 0.357. The average molecular weight is 629 g/mol. The van der Waals surface area contributed by atoms with Gasteiger partial charge in [-0.05, 0) is 79.4 Å². The molecule has 1 unspecified atom stereocenters. The number of hydrogen-bond acceptors (Lipinski definition) is 5. The lowest BCUT2D eigenvalue weighted by molar-refractivity contribution is -0.274. The number of alkyl halides is 3. The smallest absolute Gasteiger partial charge is 0.406 e. The number of aliphatic hydroxyl groups excluding tert-OH is 1. The first kappa shape index (κ1) is 28.6. The van der Waals surface area contributed by atoms with E-state index < -0.39 is 40.2 Å². The van der Waals surface area contributed by atoms with E-state index in [1.807, 2.05) is 28.8 Å². The second-order valence-electron chi connectivity index (χ2n) is 10.3. The van der Waals surface area contributed by atoms with Crippen molar-refractivity contribution in [3.8, 4) is 5.75 Å². The number of ether oxygens (including phenoxy) is 2. The van der Waals surface area contributed by atoms with Gasteiger partial charge in [0.2, 0.25) is 0 Å². The van der Waals surface area contributed by atoms with E-state index in [1.165, 1.54) is 12.1 Å². The number of halogens is 5. The number of rotatable bonds is 7. The number of aliphatic hydroxyl groups is 1. The second-order valence-corrected chi connectivity index (χ2v) is 13.2. The highest BCUT2D eigenvalue weighted by Crippen LogP contribution is 2.38. The maximum atomic E-state index is 14.3. The van der Waals surface area contributed by atoms with Crippen LogP contribution in [0.15, 0.2) is 69.9 Å². The Morgan fingerprint density at radius 3 is 2.17 bits per heavy atom. The zero-order valence-electron chi connectivity index (χ0n) is 21.5. The summed E-state index contributed by atoms with van der Waals surface area (Å²) in [5, 5.41) is 14.5. The van der Waals surface area contributed by atoms with Crippen molar-refractivity contribution in [3.05, 3.63) is 70.7 Å². The van der Waals surface area contributed by atoms with Crippen molar-refractivity contribution in [2.75, 3.05) is 19.8 Å². The summed E-state index contributed by atoms with van der Waals surface area (Å²) in [7, 11) is -3.35. The molecule has 0 amide bonds. The minimum absolute atomic E-state index is 0.0532. The van der Waals surface area contributed by atoms with Crippen LogP contribution in [0.1, 0.15) is 18.9 Å². The molecule has 13 heteroatoms. The molecular weight excluding hydrogens is 602 g/mol. The molecule has 3 aromatic carbocycles. The highest BCUT2D eigenvalue weighted by Gasteiger charge is 2.38. The summed E-state index contributed by atoms with van der Waals surface area (Å²) in [6.07, 6.45) is -3.97. The van der Waals surface area contributed by atoms with Crippen molar-refractivity contribution in [3.63, 3.8) is 0 Å².